The monoisotopic (exact) mass is 1270 g/mol. The highest BCUT2D eigenvalue weighted by molar-refractivity contribution is 6.31. The highest BCUT2D eigenvalue weighted by atomic mass is 15.0. The third-order valence-electron chi connectivity index (χ3n) is 21.4. The summed E-state index contributed by atoms with van der Waals surface area (Å²) in [6, 6.07) is 124. The number of nitrogens with zero attached hydrogens (tertiary/aromatic N) is 2. The van der Waals surface area contributed by atoms with Crippen LogP contribution >= 0.6 is 0 Å². The smallest absolute Gasteiger partial charge is 0.0547 e. The van der Waals surface area contributed by atoms with E-state index in [1.807, 2.05) is 0 Å². The summed E-state index contributed by atoms with van der Waals surface area (Å²) in [7, 11) is 0. The van der Waals surface area contributed by atoms with Crippen LogP contribution in [-0.2, 0) is 5.41 Å². The summed E-state index contributed by atoms with van der Waals surface area (Å²) in [5.41, 5.74) is 21.3. The van der Waals surface area contributed by atoms with Crippen molar-refractivity contribution in [2.24, 2.45) is 0 Å². The normalized spacial score (nSPS) is 12.1. The number of hydrogen-bond acceptors (Lipinski definition) is 0. The largest absolute Gasteiger partial charge is 0.309 e. The van der Waals surface area contributed by atoms with Crippen molar-refractivity contribution in [2.75, 3.05) is 0 Å². The van der Waals surface area contributed by atoms with Gasteiger partial charge in [0, 0.05) is 32.9 Å². The van der Waals surface area contributed by atoms with Crippen molar-refractivity contribution in [2.45, 2.75) is 40.0 Å². The van der Waals surface area contributed by atoms with Crippen LogP contribution in [0.1, 0.15) is 37.5 Å². The number of aromatic nitrogens is 2. The van der Waals surface area contributed by atoms with Crippen LogP contribution in [0.15, 0.2) is 334 Å². The molecule has 20 rings (SSSR count). The standard InChI is InChI=1S/C50H37N.C48H33N/c1-50(2,3)36-25-28-42-43(31-36)47(34-15-5-4-6-16-34)41-20-12-11-19-40(41)46(42)35-21-26-37(27-22-35)51-44-29-23-32-13-7-9-17-38(32)48(44)49-39-18-10-8-14-33(39)24-30-45(49)51;1-30-16-18-32-22-26-43-47(41(32)28-30)48-42-29-31(2)17-19-33(42)23-27-44(48)49(43)36-24-20-35(21-25-36)46-39-14-8-6-12-37(39)45(34-10-4-3-5-11-34)38-13-7-9-15-40(38)46/h4-31H,1-3H3;3-29H,1-2H3. The molecule has 0 aliphatic carbocycles. The van der Waals surface area contributed by atoms with Crippen molar-refractivity contribution in [1.82, 2.24) is 9.13 Å². The molecule has 472 valence electrons. The lowest BCUT2D eigenvalue weighted by Crippen LogP contribution is -2.10. The zero-order valence-electron chi connectivity index (χ0n) is 56.6. The Morgan fingerprint density at radius 2 is 0.490 bits per heavy atom. The van der Waals surface area contributed by atoms with E-state index in [0.29, 0.717) is 0 Å². The lowest BCUT2D eigenvalue weighted by atomic mass is 9.81. The Morgan fingerprint density at radius 1 is 0.210 bits per heavy atom. The minimum atomic E-state index is 0.0363. The van der Waals surface area contributed by atoms with Crippen molar-refractivity contribution in [3.8, 4) is 55.9 Å². The zero-order chi connectivity index (χ0) is 66.9. The molecule has 0 saturated carbocycles. The summed E-state index contributed by atoms with van der Waals surface area (Å²) >= 11 is 0. The molecule has 20 aromatic rings. The van der Waals surface area contributed by atoms with Gasteiger partial charge in [-0.05, 0) is 210 Å². The number of fused-ring (bicyclic) bond motifs is 18. The molecule has 0 bridgehead atoms. The lowest BCUT2D eigenvalue weighted by Gasteiger charge is -2.23. The summed E-state index contributed by atoms with van der Waals surface area (Å²) in [5.74, 6) is 0. The van der Waals surface area contributed by atoms with Gasteiger partial charge < -0.3 is 9.13 Å². The quantitative estimate of drug-likeness (QED) is 0.147. The van der Waals surface area contributed by atoms with Crippen LogP contribution < -0.4 is 0 Å². The van der Waals surface area contributed by atoms with Gasteiger partial charge in [-0.3, -0.25) is 0 Å². The number of aryl methyl sites for hydroxylation is 2. The molecule has 100 heavy (non-hydrogen) atoms. The summed E-state index contributed by atoms with van der Waals surface area (Å²) in [6.45, 7) is 11.3. The van der Waals surface area contributed by atoms with Gasteiger partial charge in [0.2, 0.25) is 0 Å². The molecule has 0 spiro atoms. The first kappa shape index (κ1) is 58.9. The van der Waals surface area contributed by atoms with E-state index in [1.165, 1.54) is 191 Å². The van der Waals surface area contributed by atoms with Crippen LogP contribution in [0.2, 0.25) is 0 Å². The molecule has 0 amide bonds. The molecule has 0 N–H and O–H groups in total. The van der Waals surface area contributed by atoms with Crippen LogP contribution in [0.3, 0.4) is 0 Å². The molecule has 0 unspecified atom stereocenters. The summed E-state index contributed by atoms with van der Waals surface area (Å²) in [4.78, 5) is 0. The average molecular weight is 1280 g/mol. The lowest BCUT2D eigenvalue weighted by molar-refractivity contribution is 0.591. The minimum Gasteiger partial charge on any atom is -0.309 e. The van der Waals surface area contributed by atoms with Crippen molar-refractivity contribution in [3.05, 3.63) is 350 Å². The van der Waals surface area contributed by atoms with Gasteiger partial charge in [-0.1, -0.05) is 311 Å². The van der Waals surface area contributed by atoms with Crippen LogP contribution in [0.4, 0.5) is 0 Å². The van der Waals surface area contributed by atoms with Gasteiger partial charge >= 0.3 is 0 Å². The predicted molar refractivity (Wildman–Crippen MR) is 432 cm³/mol. The Balaban J connectivity index is 0.000000139. The summed E-state index contributed by atoms with van der Waals surface area (Å²) in [5, 5.41) is 25.8. The molecule has 2 heteroatoms. The second kappa shape index (κ2) is 23.2. The Kier molecular flexibility index (Phi) is 13.7. The van der Waals surface area contributed by atoms with Crippen molar-refractivity contribution < 1.29 is 0 Å². The highest BCUT2D eigenvalue weighted by Gasteiger charge is 2.24. The molecular weight excluding hydrogens is 1210 g/mol. The third-order valence-corrected chi connectivity index (χ3v) is 21.4. The van der Waals surface area contributed by atoms with Gasteiger partial charge in [-0.25, -0.2) is 0 Å². The molecule has 0 fully saturated rings. The predicted octanol–water partition coefficient (Wildman–Crippen LogP) is 27.4. The number of hydrogen-bond donors (Lipinski definition) is 0. The first-order valence-corrected chi connectivity index (χ1v) is 35.0. The Morgan fingerprint density at radius 3 is 0.850 bits per heavy atom. The van der Waals surface area contributed by atoms with E-state index in [9.17, 15) is 0 Å². The Bertz CT molecular complexity index is 6470. The molecular formula is C98H70N2. The molecule has 2 aromatic heterocycles. The van der Waals surface area contributed by atoms with E-state index in [2.05, 4.69) is 377 Å². The maximum Gasteiger partial charge on any atom is 0.0547 e. The van der Waals surface area contributed by atoms with Gasteiger partial charge in [0.25, 0.3) is 0 Å². The van der Waals surface area contributed by atoms with Crippen molar-refractivity contribution in [1.29, 1.82) is 0 Å². The van der Waals surface area contributed by atoms with Crippen molar-refractivity contribution >= 4 is 130 Å². The maximum absolute atomic E-state index is 2.46. The minimum absolute atomic E-state index is 0.0363. The first-order valence-electron chi connectivity index (χ1n) is 35.0. The fourth-order valence-corrected chi connectivity index (χ4v) is 16.8. The SMILES string of the molecule is CC(C)(C)c1ccc2c(-c3ccc(-n4c5ccc6ccccc6c5c5c6ccccc6ccc54)cc3)c3ccccc3c(-c3ccccc3)c2c1.Cc1ccc2ccc3c(c2c1)c1c2cc(C)ccc2ccc1n3-c1ccc(-c2c3ccccc3c(-c3ccccc3)c3ccccc23)cc1. The third kappa shape index (κ3) is 9.39. The number of benzene rings is 18. The van der Waals surface area contributed by atoms with Gasteiger partial charge in [-0.2, -0.15) is 0 Å². The second-order valence-electron chi connectivity index (χ2n) is 28.4. The molecule has 0 aliphatic rings. The summed E-state index contributed by atoms with van der Waals surface area (Å²) < 4.78 is 4.92. The molecule has 0 radical (unpaired) electrons. The Hall–Kier alpha value is -12.4. The van der Waals surface area contributed by atoms with Crippen LogP contribution in [0.5, 0.6) is 0 Å². The van der Waals surface area contributed by atoms with Crippen LogP contribution in [0.25, 0.3) is 186 Å². The van der Waals surface area contributed by atoms with Crippen molar-refractivity contribution in [3.63, 3.8) is 0 Å². The van der Waals surface area contributed by atoms with E-state index in [1.54, 1.807) is 0 Å². The number of rotatable bonds is 6. The molecule has 18 aromatic carbocycles. The van der Waals surface area contributed by atoms with Gasteiger partial charge in [0.1, 0.15) is 0 Å². The molecule has 0 saturated heterocycles. The van der Waals surface area contributed by atoms with Gasteiger partial charge in [0.15, 0.2) is 0 Å². The topological polar surface area (TPSA) is 9.86 Å². The van der Waals surface area contributed by atoms with E-state index in [-0.39, 0.29) is 5.41 Å². The van der Waals surface area contributed by atoms with Gasteiger partial charge in [0.05, 0.1) is 22.1 Å². The van der Waals surface area contributed by atoms with E-state index in [4.69, 9.17) is 0 Å². The average Bonchev–Trinajstić information content (AvgIpc) is 1.47. The molecule has 0 atom stereocenters. The highest BCUT2D eigenvalue weighted by Crippen LogP contribution is 2.49. The van der Waals surface area contributed by atoms with E-state index < -0.39 is 0 Å². The van der Waals surface area contributed by atoms with Crippen LogP contribution in [-0.4, -0.2) is 9.13 Å². The summed E-state index contributed by atoms with van der Waals surface area (Å²) in [6.07, 6.45) is 0. The maximum atomic E-state index is 2.46. The second-order valence-corrected chi connectivity index (χ2v) is 28.4. The van der Waals surface area contributed by atoms with Crippen LogP contribution in [0, 0.1) is 13.8 Å². The molecule has 2 heterocycles. The fraction of sp³-hybridized carbons (Fsp3) is 0.0612. The van der Waals surface area contributed by atoms with Gasteiger partial charge in [-0.15, -0.1) is 0 Å². The Labute approximate surface area is 581 Å². The molecule has 2 nitrogen and oxygen atoms in total. The fourth-order valence-electron chi connectivity index (χ4n) is 16.8. The van der Waals surface area contributed by atoms with E-state index in [0.717, 1.165) is 11.4 Å². The zero-order valence-corrected chi connectivity index (χ0v) is 56.6. The first-order chi connectivity index (χ1) is 49.1. The molecule has 0 aliphatic heterocycles. The van der Waals surface area contributed by atoms with E-state index >= 15 is 0 Å².